The molecule has 120 valence electrons. The van der Waals surface area contributed by atoms with Gasteiger partial charge in [0, 0.05) is 37.7 Å². The van der Waals surface area contributed by atoms with E-state index in [1.165, 1.54) is 12.1 Å². The average Bonchev–Trinajstić information content (AvgIpc) is 2.58. The third-order valence-electron chi connectivity index (χ3n) is 3.94. The summed E-state index contributed by atoms with van der Waals surface area (Å²) in [4.78, 5) is 2.38. The Morgan fingerprint density at radius 1 is 1.00 bits per heavy atom. The number of nitrogens with zero attached hydrogens (tertiary/aromatic N) is 3. The van der Waals surface area contributed by atoms with Gasteiger partial charge >= 0.3 is 0 Å². The van der Waals surface area contributed by atoms with Crippen molar-refractivity contribution < 1.29 is 4.39 Å². The number of piperazine rings is 1. The molecule has 1 fully saturated rings. The molecule has 3 nitrogen and oxygen atoms in total. The molecule has 0 atom stereocenters. The monoisotopic (exact) mass is 331 g/mol. The lowest BCUT2D eigenvalue weighted by Gasteiger charge is -2.33. The maximum absolute atomic E-state index is 12.9. The Kier molecular flexibility index (Phi) is 5.26. The SMILES string of the molecule is Fc1ccc(C=NN2CCN(Cc3ccccc3Cl)CC2)cc1. The van der Waals surface area contributed by atoms with Crippen LogP contribution in [0, 0.1) is 5.82 Å². The zero-order valence-corrected chi connectivity index (χ0v) is 13.6. The number of hydrogen-bond donors (Lipinski definition) is 0. The van der Waals surface area contributed by atoms with E-state index in [0.717, 1.165) is 48.9 Å². The quantitative estimate of drug-likeness (QED) is 0.797. The molecular formula is C18H19ClFN3. The van der Waals surface area contributed by atoms with Gasteiger partial charge in [-0.05, 0) is 29.3 Å². The number of rotatable bonds is 4. The summed E-state index contributed by atoms with van der Waals surface area (Å²) in [6, 6.07) is 14.3. The van der Waals surface area contributed by atoms with Gasteiger partial charge in [0.2, 0.25) is 0 Å². The van der Waals surface area contributed by atoms with Crippen LogP contribution in [0.1, 0.15) is 11.1 Å². The van der Waals surface area contributed by atoms with Gasteiger partial charge in [0.15, 0.2) is 0 Å². The van der Waals surface area contributed by atoms with E-state index in [1.54, 1.807) is 18.3 Å². The van der Waals surface area contributed by atoms with Crippen molar-refractivity contribution in [3.8, 4) is 0 Å². The Balaban J connectivity index is 1.50. The van der Waals surface area contributed by atoms with E-state index < -0.39 is 0 Å². The van der Waals surface area contributed by atoms with Crippen molar-refractivity contribution in [1.29, 1.82) is 0 Å². The summed E-state index contributed by atoms with van der Waals surface area (Å²) in [5, 5.41) is 7.35. The molecule has 1 heterocycles. The lowest BCUT2D eigenvalue weighted by Crippen LogP contribution is -2.43. The largest absolute Gasteiger partial charge is 0.295 e. The van der Waals surface area contributed by atoms with E-state index in [0.29, 0.717) is 0 Å². The number of hydrazone groups is 1. The molecule has 1 aliphatic rings. The highest BCUT2D eigenvalue weighted by molar-refractivity contribution is 6.31. The lowest BCUT2D eigenvalue weighted by atomic mass is 10.2. The molecule has 3 rings (SSSR count). The Morgan fingerprint density at radius 3 is 2.39 bits per heavy atom. The van der Waals surface area contributed by atoms with Crippen molar-refractivity contribution >= 4 is 17.8 Å². The molecule has 0 spiro atoms. The van der Waals surface area contributed by atoms with Crippen molar-refractivity contribution in [2.45, 2.75) is 6.54 Å². The molecule has 0 N–H and O–H groups in total. The van der Waals surface area contributed by atoms with E-state index in [4.69, 9.17) is 11.6 Å². The van der Waals surface area contributed by atoms with E-state index in [2.05, 4.69) is 16.1 Å². The first-order valence-corrected chi connectivity index (χ1v) is 8.09. The van der Waals surface area contributed by atoms with Gasteiger partial charge < -0.3 is 0 Å². The highest BCUT2D eigenvalue weighted by Gasteiger charge is 2.16. The molecule has 0 unspecified atom stereocenters. The highest BCUT2D eigenvalue weighted by atomic mass is 35.5. The molecule has 23 heavy (non-hydrogen) atoms. The van der Waals surface area contributed by atoms with Gasteiger partial charge in [-0.3, -0.25) is 9.91 Å². The molecule has 2 aromatic rings. The van der Waals surface area contributed by atoms with Gasteiger partial charge in [0.05, 0.1) is 6.21 Å². The Bertz CT molecular complexity index is 664. The molecule has 0 aromatic heterocycles. The molecular weight excluding hydrogens is 313 g/mol. The van der Waals surface area contributed by atoms with Crippen LogP contribution in [-0.4, -0.2) is 42.3 Å². The third kappa shape index (κ3) is 4.53. The van der Waals surface area contributed by atoms with Crippen LogP contribution in [0.3, 0.4) is 0 Å². The second-order valence-electron chi connectivity index (χ2n) is 5.62. The predicted molar refractivity (Wildman–Crippen MR) is 92.3 cm³/mol. The second kappa shape index (κ2) is 7.57. The third-order valence-corrected chi connectivity index (χ3v) is 4.31. The van der Waals surface area contributed by atoms with Gasteiger partial charge in [0.1, 0.15) is 5.82 Å². The van der Waals surface area contributed by atoms with Gasteiger partial charge in [-0.1, -0.05) is 41.9 Å². The molecule has 1 aliphatic heterocycles. The topological polar surface area (TPSA) is 18.8 Å². The van der Waals surface area contributed by atoms with Crippen LogP contribution < -0.4 is 0 Å². The van der Waals surface area contributed by atoms with Crippen molar-refractivity contribution in [3.05, 3.63) is 70.5 Å². The minimum Gasteiger partial charge on any atom is -0.295 e. The molecule has 5 heteroatoms. The summed E-state index contributed by atoms with van der Waals surface area (Å²) < 4.78 is 12.9. The van der Waals surface area contributed by atoms with Gasteiger partial charge in [0.25, 0.3) is 0 Å². The van der Waals surface area contributed by atoms with Crippen LogP contribution in [-0.2, 0) is 6.54 Å². The minimum absolute atomic E-state index is 0.227. The van der Waals surface area contributed by atoms with Crippen LogP contribution in [0.5, 0.6) is 0 Å². The van der Waals surface area contributed by atoms with Crippen LogP contribution in [0.4, 0.5) is 4.39 Å². The smallest absolute Gasteiger partial charge is 0.123 e. The summed E-state index contributed by atoms with van der Waals surface area (Å²) in [6.07, 6.45) is 1.78. The Labute approximate surface area is 141 Å². The minimum atomic E-state index is -0.227. The highest BCUT2D eigenvalue weighted by Crippen LogP contribution is 2.17. The Morgan fingerprint density at radius 2 is 1.70 bits per heavy atom. The van der Waals surface area contributed by atoms with E-state index >= 15 is 0 Å². The van der Waals surface area contributed by atoms with Crippen molar-refractivity contribution in [2.75, 3.05) is 26.2 Å². The average molecular weight is 332 g/mol. The Hall–Kier alpha value is -1.91. The molecule has 0 saturated carbocycles. The lowest BCUT2D eigenvalue weighted by molar-refractivity contribution is 0.131. The van der Waals surface area contributed by atoms with Crippen LogP contribution in [0.25, 0.3) is 0 Å². The summed E-state index contributed by atoms with van der Waals surface area (Å²) in [7, 11) is 0. The van der Waals surface area contributed by atoms with Crippen molar-refractivity contribution in [1.82, 2.24) is 9.91 Å². The van der Waals surface area contributed by atoms with Crippen LogP contribution in [0.15, 0.2) is 53.6 Å². The first-order chi connectivity index (χ1) is 11.2. The van der Waals surface area contributed by atoms with Gasteiger partial charge in [-0.15, -0.1) is 0 Å². The van der Waals surface area contributed by atoms with Crippen molar-refractivity contribution in [3.63, 3.8) is 0 Å². The molecule has 2 aromatic carbocycles. The molecule has 0 aliphatic carbocycles. The van der Waals surface area contributed by atoms with E-state index in [1.807, 2.05) is 23.2 Å². The fraction of sp³-hybridized carbons (Fsp3) is 0.278. The molecule has 1 saturated heterocycles. The molecule has 0 amide bonds. The first-order valence-electron chi connectivity index (χ1n) is 7.71. The summed E-state index contributed by atoms with van der Waals surface area (Å²) in [5.74, 6) is -0.227. The second-order valence-corrected chi connectivity index (χ2v) is 6.02. The fourth-order valence-corrected chi connectivity index (χ4v) is 2.77. The van der Waals surface area contributed by atoms with Gasteiger partial charge in [-0.2, -0.15) is 5.10 Å². The number of hydrogen-bond acceptors (Lipinski definition) is 3. The van der Waals surface area contributed by atoms with Crippen LogP contribution >= 0.6 is 11.6 Å². The number of benzene rings is 2. The number of halogens is 2. The first kappa shape index (κ1) is 16.0. The van der Waals surface area contributed by atoms with E-state index in [9.17, 15) is 4.39 Å². The maximum atomic E-state index is 12.9. The molecule has 0 radical (unpaired) electrons. The van der Waals surface area contributed by atoms with Gasteiger partial charge in [-0.25, -0.2) is 4.39 Å². The summed E-state index contributed by atoms with van der Waals surface area (Å²) in [5.41, 5.74) is 2.07. The maximum Gasteiger partial charge on any atom is 0.123 e. The standard InChI is InChI=1S/C18H19ClFN3/c19-18-4-2-1-3-16(18)14-22-9-11-23(12-10-22)21-13-15-5-7-17(20)8-6-15/h1-8,13H,9-12,14H2. The van der Waals surface area contributed by atoms with Crippen molar-refractivity contribution in [2.24, 2.45) is 5.10 Å². The zero-order valence-electron chi connectivity index (χ0n) is 12.8. The summed E-state index contributed by atoms with van der Waals surface area (Å²) in [6.45, 7) is 4.53. The predicted octanol–water partition coefficient (Wildman–Crippen LogP) is 3.63. The van der Waals surface area contributed by atoms with E-state index in [-0.39, 0.29) is 5.82 Å². The molecule has 0 bridgehead atoms. The summed E-state index contributed by atoms with van der Waals surface area (Å²) >= 11 is 6.21. The normalized spacial score (nSPS) is 16.2. The zero-order chi connectivity index (χ0) is 16.1. The fourth-order valence-electron chi connectivity index (χ4n) is 2.58. The van der Waals surface area contributed by atoms with Crippen LogP contribution in [0.2, 0.25) is 5.02 Å².